The van der Waals surface area contributed by atoms with Gasteiger partial charge in [-0.2, -0.15) is 0 Å². The first-order chi connectivity index (χ1) is 9.58. The summed E-state index contributed by atoms with van der Waals surface area (Å²) >= 11 is 5.96. The molecule has 1 aromatic carbocycles. The maximum absolute atomic E-state index is 12.4. The van der Waals surface area contributed by atoms with Crippen LogP contribution in [0.3, 0.4) is 0 Å². The van der Waals surface area contributed by atoms with Crippen LogP contribution in [-0.2, 0) is 0 Å². The van der Waals surface area contributed by atoms with Crippen LogP contribution in [-0.4, -0.2) is 15.9 Å². The van der Waals surface area contributed by atoms with Crippen molar-refractivity contribution in [3.63, 3.8) is 0 Å². The van der Waals surface area contributed by atoms with E-state index < -0.39 is 4.92 Å². The first-order valence-electron chi connectivity index (χ1n) is 6.01. The smallest absolute Gasteiger partial charge is 0.270 e. The van der Waals surface area contributed by atoms with Gasteiger partial charge in [-0.3, -0.25) is 14.9 Å². The summed E-state index contributed by atoms with van der Waals surface area (Å²) in [4.78, 5) is 22.5. The molecule has 7 heteroatoms. The van der Waals surface area contributed by atoms with Crippen LogP contribution in [0.15, 0.2) is 28.9 Å². The van der Waals surface area contributed by atoms with Crippen LogP contribution in [0, 0.1) is 10.1 Å². The lowest BCUT2D eigenvalue weighted by Gasteiger charge is -2.02. The maximum atomic E-state index is 12.4. The molecule has 0 unspecified atom stereocenters. The number of nitrogens with zero attached hydrogens (tertiary/aromatic N) is 2. The number of non-ortho nitro benzene ring substituents is 1. The molecule has 0 N–H and O–H groups in total. The second-order valence-corrected chi connectivity index (χ2v) is 5.04. The Balaban J connectivity index is 1.98. The van der Waals surface area contributed by atoms with Crippen LogP contribution in [0.1, 0.15) is 40.4 Å². The molecule has 1 saturated carbocycles. The summed E-state index contributed by atoms with van der Waals surface area (Å²) < 4.78 is 5.11. The highest BCUT2D eigenvalue weighted by atomic mass is 35.5. The van der Waals surface area contributed by atoms with E-state index in [0.29, 0.717) is 11.3 Å². The Morgan fingerprint density at radius 3 is 2.75 bits per heavy atom. The molecular weight excluding hydrogens is 284 g/mol. The van der Waals surface area contributed by atoms with Gasteiger partial charge in [-0.05, 0) is 18.9 Å². The fraction of sp³-hybridized carbons (Fsp3) is 0.231. The molecule has 3 rings (SSSR count). The second-order valence-electron chi connectivity index (χ2n) is 4.63. The number of hydrogen-bond donors (Lipinski definition) is 0. The van der Waals surface area contributed by atoms with Gasteiger partial charge in [-0.15, -0.1) is 0 Å². The molecule has 1 fully saturated rings. The normalized spacial score (nSPS) is 14.2. The number of benzene rings is 1. The summed E-state index contributed by atoms with van der Waals surface area (Å²) in [6, 6.07) is 3.77. The summed E-state index contributed by atoms with van der Waals surface area (Å²) in [5.74, 6) is 0.491. The van der Waals surface area contributed by atoms with Gasteiger partial charge in [0, 0.05) is 23.6 Å². The van der Waals surface area contributed by atoms with E-state index in [1.54, 1.807) is 0 Å². The molecule has 0 saturated heterocycles. The third-order valence-electron chi connectivity index (χ3n) is 3.20. The molecule has 1 heterocycles. The molecule has 1 aliphatic carbocycles. The number of nitro benzene ring substituents is 1. The number of ketones is 1. The quantitative estimate of drug-likeness (QED) is 0.490. The monoisotopic (exact) mass is 292 g/mol. The summed E-state index contributed by atoms with van der Waals surface area (Å²) in [5.41, 5.74) is 0.435. The minimum absolute atomic E-state index is 0.0483. The average Bonchev–Trinajstić information content (AvgIpc) is 3.15. The summed E-state index contributed by atoms with van der Waals surface area (Å²) in [6.07, 6.45) is 3.32. The molecular formula is C13H9ClN2O4. The van der Waals surface area contributed by atoms with Gasteiger partial charge >= 0.3 is 0 Å². The number of aromatic nitrogens is 1. The zero-order valence-corrected chi connectivity index (χ0v) is 11.0. The van der Waals surface area contributed by atoms with Gasteiger partial charge in [0.25, 0.3) is 5.69 Å². The van der Waals surface area contributed by atoms with Crippen molar-refractivity contribution in [3.05, 3.63) is 56.4 Å². The van der Waals surface area contributed by atoms with E-state index in [0.717, 1.165) is 12.8 Å². The minimum Gasteiger partial charge on any atom is -0.360 e. The Morgan fingerprint density at radius 2 is 2.15 bits per heavy atom. The molecule has 2 aromatic rings. The molecule has 0 amide bonds. The number of hydrogen-bond acceptors (Lipinski definition) is 5. The van der Waals surface area contributed by atoms with Crippen LogP contribution in [0.25, 0.3) is 0 Å². The summed E-state index contributed by atoms with van der Waals surface area (Å²) in [5, 5.41) is 14.4. The van der Waals surface area contributed by atoms with E-state index in [2.05, 4.69) is 5.16 Å². The standard InChI is InChI=1S/C13H9ClN2O4/c14-11-5-8(16(18)19)3-4-9(11)12(17)10-6-15-20-13(10)7-1-2-7/h3-7H,1-2H2. The summed E-state index contributed by atoms with van der Waals surface area (Å²) in [7, 11) is 0. The van der Waals surface area contributed by atoms with Crippen molar-refractivity contribution in [1.82, 2.24) is 5.16 Å². The van der Waals surface area contributed by atoms with E-state index >= 15 is 0 Å². The molecule has 1 aromatic heterocycles. The molecule has 1 aliphatic rings. The molecule has 0 aliphatic heterocycles. The Kier molecular flexibility index (Phi) is 3.02. The van der Waals surface area contributed by atoms with Crippen LogP contribution in [0.5, 0.6) is 0 Å². The molecule has 6 nitrogen and oxygen atoms in total. The van der Waals surface area contributed by atoms with Gasteiger partial charge < -0.3 is 4.52 Å². The number of halogens is 1. The van der Waals surface area contributed by atoms with Crippen LogP contribution in [0.2, 0.25) is 5.02 Å². The predicted molar refractivity (Wildman–Crippen MR) is 70.0 cm³/mol. The SMILES string of the molecule is O=C(c1ccc([N+](=O)[O-])cc1Cl)c1cnoc1C1CC1. The van der Waals surface area contributed by atoms with Crippen LogP contribution >= 0.6 is 11.6 Å². The fourth-order valence-electron chi connectivity index (χ4n) is 2.01. The van der Waals surface area contributed by atoms with Crippen molar-refractivity contribution in [2.75, 3.05) is 0 Å². The topological polar surface area (TPSA) is 86.2 Å². The van der Waals surface area contributed by atoms with Crippen molar-refractivity contribution < 1.29 is 14.2 Å². The number of carbonyl (C=O) groups is 1. The molecule has 0 radical (unpaired) electrons. The largest absolute Gasteiger partial charge is 0.360 e. The Hall–Kier alpha value is -2.21. The Bertz CT molecular complexity index is 706. The first-order valence-corrected chi connectivity index (χ1v) is 6.39. The number of carbonyl (C=O) groups excluding carboxylic acids is 1. The lowest BCUT2D eigenvalue weighted by molar-refractivity contribution is -0.384. The van der Waals surface area contributed by atoms with E-state index in [-0.39, 0.29) is 28.0 Å². The molecule has 0 atom stereocenters. The number of rotatable bonds is 4. The highest BCUT2D eigenvalue weighted by Crippen LogP contribution is 2.42. The van der Waals surface area contributed by atoms with Crippen molar-refractivity contribution in [2.24, 2.45) is 0 Å². The lowest BCUT2D eigenvalue weighted by atomic mass is 10.0. The van der Waals surface area contributed by atoms with Crippen molar-refractivity contribution in [2.45, 2.75) is 18.8 Å². The van der Waals surface area contributed by atoms with Gasteiger partial charge in [0.2, 0.25) is 0 Å². The van der Waals surface area contributed by atoms with Crippen LogP contribution < -0.4 is 0 Å². The van der Waals surface area contributed by atoms with Gasteiger partial charge in [0.1, 0.15) is 0 Å². The Morgan fingerprint density at radius 1 is 1.40 bits per heavy atom. The lowest BCUT2D eigenvalue weighted by Crippen LogP contribution is -2.04. The predicted octanol–water partition coefficient (Wildman–Crippen LogP) is 3.34. The maximum Gasteiger partial charge on any atom is 0.270 e. The van der Waals surface area contributed by atoms with E-state index in [4.69, 9.17) is 16.1 Å². The zero-order chi connectivity index (χ0) is 14.3. The van der Waals surface area contributed by atoms with Gasteiger partial charge in [-0.1, -0.05) is 16.8 Å². The minimum atomic E-state index is -0.560. The zero-order valence-electron chi connectivity index (χ0n) is 10.2. The summed E-state index contributed by atoms with van der Waals surface area (Å²) in [6.45, 7) is 0. The van der Waals surface area contributed by atoms with Crippen LogP contribution in [0.4, 0.5) is 5.69 Å². The molecule has 0 spiro atoms. The highest BCUT2D eigenvalue weighted by Gasteiger charge is 2.33. The van der Waals surface area contributed by atoms with E-state index in [1.807, 2.05) is 0 Å². The second kappa shape index (κ2) is 4.72. The van der Waals surface area contributed by atoms with Crippen molar-refractivity contribution in [3.8, 4) is 0 Å². The molecule has 102 valence electrons. The van der Waals surface area contributed by atoms with E-state index in [9.17, 15) is 14.9 Å². The molecule has 0 bridgehead atoms. The fourth-order valence-corrected chi connectivity index (χ4v) is 2.27. The first kappa shape index (κ1) is 12.8. The van der Waals surface area contributed by atoms with Crippen molar-refractivity contribution >= 4 is 23.1 Å². The number of nitro groups is 1. The third kappa shape index (κ3) is 2.18. The third-order valence-corrected chi connectivity index (χ3v) is 3.51. The molecule has 20 heavy (non-hydrogen) atoms. The van der Waals surface area contributed by atoms with Gasteiger partial charge in [0.15, 0.2) is 11.5 Å². The van der Waals surface area contributed by atoms with Gasteiger partial charge in [-0.25, -0.2) is 0 Å². The van der Waals surface area contributed by atoms with Gasteiger partial charge in [0.05, 0.1) is 21.7 Å². The highest BCUT2D eigenvalue weighted by molar-refractivity contribution is 6.35. The van der Waals surface area contributed by atoms with E-state index in [1.165, 1.54) is 24.4 Å². The Labute approximate surface area is 118 Å². The van der Waals surface area contributed by atoms with Crippen molar-refractivity contribution in [1.29, 1.82) is 0 Å². The average molecular weight is 293 g/mol.